The Morgan fingerprint density at radius 3 is 2.19 bits per heavy atom. The summed E-state index contributed by atoms with van der Waals surface area (Å²) in [5.74, 6) is 1.04. The fourth-order valence-corrected chi connectivity index (χ4v) is 4.22. The molecule has 1 aliphatic rings. The lowest BCUT2D eigenvalue weighted by Crippen LogP contribution is -2.19. The van der Waals surface area contributed by atoms with Crippen LogP contribution in [0.4, 0.5) is 0 Å². The zero-order valence-corrected chi connectivity index (χ0v) is 19.8. The van der Waals surface area contributed by atoms with Crippen molar-refractivity contribution in [2.75, 3.05) is 0 Å². The number of carbonyl (C=O) groups excluding carboxylic acids is 1. The number of allylic oxidation sites excluding steroid dienone is 2. The third-order valence-electron chi connectivity index (χ3n) is 6.06. The molecule has 1 atom stereocenters. The third-order valence-corrected chi connectivity index (χ3v) is 6.06. The van der Waals surface area contributed by atoms with Crippen LogP contribution in [-0.2, 0) is 4.74 Å². The number of amides is 1. The average molecular weight is 472 g/mol. The summed E-state index contributed by atoms with van der Waals surface area (Å²) >= 11 is 0. The molecule has 3 aromatic carbocycles. The Morgan fingerprint density at radius 2 is 1.50 bits per heavy atom. The highest BCUT2D eigenvalue weighted by molar-refractivity contribution is 5.97. The normalized spacial score (nSPS) is 15.4. The number of pyridine rings is 1. The van der Waals surface area contributed by atoms with E-state index in [0.29, 0.717) is 11.3 Å². The molecule has 5 heteroatoms. The van der Waals surface area contributed by atoms with Crippen molar-refractivity contribution < 1.29 is 9.53 Å². The van der Waals surface area contributed by atoms with Crippen molar-refractivity contribution in [2.45, 2.75) is 12.8 Å². The van der Waals surface area contributed by atoms with E-state index in [1.54, 1.807) is 30.7 Å². The Balaban J connectivity index is 1.60. The summed E-state index contributed by atoms with van der Waals surface area (Å²) in [4.78, 5) is 16.5. The van der Waals surface area contributed by atoms with Gasteiger partial charge in [0.25, 0.3) is 5.91 Å². The van der Waals surface area contributed by atoms with Gasteiger partial charge < -0.3 is 4.74 Å². The van der Waals surface area contributed by atoms with Gasteiger partial charge in [-0.15, -0.1) is 0 Å². The first-order valence-corrected chi connectivity index (χ1v) is 11.7. The third kappa shape index (κ3) is 5.00. The molecule has 0 unspecified atom stereocenters. The van der Waals surface area contributed by atoms with Gasteiger partial charge in [0.2, 0.25) is 0 Å². The van der Waals surface area contributed by atoms with Crippen LogP contribution >= 0.6 is 0 Å². The van der Waals surface area contributed by atoms with Crippen molar-refractivity contribution in [3.05, 3.63) is 149 Å². The minimum atomic E-state index is -0.305. The van der Waals surface area contributed by atoms with E-state index >= 15 is 0 Å². The molecule has 0 saturated heterocycles. The molecular formula is C31H25N3O2. The van der Waals surface area contributed by atoms with Crippen LogP contribution in [0.5, 0.6) is 0 Å². The van der Waals surface area contributed by atoms with E-state index in [2.05, 4.69) is 40.6 Å². The quantitative estimate of drug-likeness (QED) is 0.262. The van der Waals surface area contributed by atoms with E-state index in [1.807, 2.05) is 72.8 Å². The van der Waals surface area contributed by atoms with E-state index in [-0.39, 0.29) is 11.8 Å². The van der Waals surface area contributed by atoms with E-state index < -0.39 is 0 Å². The molecule has 0 fully saturated rings. The van der Waals surface area contributed by atoms with Crippen molar-refractivity contribution in [1.82, 2.24) is 10.4 Å². The standard InChI is InChI=1S/C31H25N3O2/c1-22-10-8-9-15-26(22)27-20-29(23-11-4-2-5-12-23)36-30(24-13-6-3-7-14-24)28(27)21-33-34-31(35)25-16-18-32-19-17-25/h2-21,27H,1H3,(H,34,35)/b33-21-/t27-/m0/s1. The van der Waals surface area contributed by atoms with Crippen LogP contribution in [0.2, 0.25) is 0 Å². The van der Waals surface area contributed by atoms with Gasteiger partial charge in [-0.2, -0.15) is 5.10 Å². The predicted molar refractivity (Wildman–Crippen MR) is 143 cm³/mol. The topological polar surface area (TPSA) is 63.6 Å². The number of aromatic nitrogens is 1. The molecule has 1 N–H and O–H groups in total. The Bertz CT molecular complexity index is 1440. The minimum Gasteiger partial charge on any atom is -0.456 e. The summed E-state index contributed by atoms with van der Waals surface area (Å²) in [6.45, 7) is 2.10. The monoisotopic (exact) mass is 471 g/mol. The second-order valence-corrected chi connectivity index (χ2v) is 8.42. The molecule has 4 aromatic rings. The molecule has 0 radical (unpaired) electrons. The van der Waals surface area contributed by atoms with Crippen LogP contribution in [0.1, 0.15) is 38.5 Å². The summed E-state index contributed by atoms with van der Waals surface area (Å²) in [6, 6.07) is 31.6. The van der Waals surface area contributed by atoms with Crippen LogP contribution in [-0.4, -0.2) is 17.1 Å². The first kappa shape index (κ1) is 23.0. The zero-order valence-electron chi connectivity index (χ0n) is 19.8. The molecule has 0 bridgehead atoms. The number of aryl methyl sites for hydroxylation is 1. The molecule has 36 heavy (non-hydrogen) atoms. The minimum absolute atomic E-state index is 0.132. The lowest BCUT2D eigenvalue weighted by Gasteiger charge is -2.28. The van der Waals surface area contributed by atoms with E-state index in [9.17, 15) is 4.79 Å². The number of nitrogens with one attached hydrogen (secondary N) is 1. The number of nitrogens with zero attached hydrogens (tertiary/aromatic N) is 2. The predicted octanol–water partition coefficient (Wildman–Crippen LogP) is 6.37. The van der Waals surface area contributed by atoms with Crippen LogP contribution in [0, 0.1) is 6.92 Å². The van der Waals surface area contributed by atoms with E-state index in [1.165, 1.54) is 0 Å². The van der Waals surface area contributed by atoms with Gasteiger partial charge in [-0.3, -0.25) is 9.78 Å². The van der Waals surface area contributed by atoms with Crippen LogP contribution in [0.3, 0.4) is 0 Å². The summed E-state index contributed by atoms with van der Waals surface area (Å²) in [7, 11) is 0. The maximum Gasteiger partial charge on any atom is 0.271 e. The first-order chi connectivity index (χ1) is 17.7. The number of carbonyl (C=O) groups is 1. The number of benzene rings is 3. The van der Waals surface area contributed by atoms with Crippen LogP contribution < -0.4 is 5.43 Å². The molecule has 176 valence electrons. The summed E-state index contributed by atoms with van der Waals surface area (Å²) in [5, 5.41) is 4.34. The van der Waals surface area contributed by atoms with Crippen molar-refractivity contribution in [1.29, 1.82) is 0 Å². The van der Waals surface area contributed by atoms with Crippen molar-refractivity contribution in [3.63, 3.8) is 0 Å². The smallest absolute Gasteiger partial charge is 0.271 e. The Labute approximate surface area is 210 Å². The highest BCUT2D eigenvalue weighted by Gasteiger charge is 2.28. The lowest BCUT2D eigenvalue weighted by molar-refractivity contribution is 0.0955. The van der Waals surface area contributed by atoms with E-state index in [4.69, 9.17) is 4.74 Å². The van der Waals surface area contributed by atoms with Gasteiger partial charge in [0.1, 0.15) is 11.5 Å². The summed E-state index contributed by atoms with van der Waals surface area (Å²) in [6.07, 6.45) is 6.97. The van der Waals surface area contributed by atoms with Gasteiger partial charge in [-0.1, -0.05) is 84.9 Å². The Hall–Kier alpha value is -4.77. The molecule has 1 aromatic heterocycles. The number of rotatable bonds is 6. The SMILES string of the molecule is Cc1ccccc1[C@@H]1C=C(c2ccccc2)OC(c2ccccc2)=C1/C=N\NC(=O)c1ccncc1. The van der Waals surface area contributed by atoms with Gasteiger partial charge in [-0.05, 0) is 36.3 Å². The molecule has 0 aliphatic carbocycles. The average Bonchev–Trinajstić information content (AvgIpc) is 2.94. The van der Waals surface area contributed by atoms with Crippen LogP contribution in [0.15, 0.2) is 126 Å². The number of hydrogen-bond donors (Lipinski definition) is 1. The molecule has 0 spiro atoms. The highest BCUT2D eigenvalue weighted by atomic mass is 16.5. The molecule has 5 nitrogen and oxygen atoms in total. The molecule has 5 rings (SSSR count). The van der Waals surface area contributed by atoms with Gasteiger partial charge in [0, 0.05) is 40.6 Å². The summed E-state index contributed by atoms with van der Waals surface area (Å²) < 4.78 is 6.53. The molecule has 2 heterocycles. The maximum atomic E-state index is 12.6. The van der Waals surface area contributed by atoms with E-state index in [0.717, 1.165) is 33.6 Å². The largest absolute Gasteiger partial charge is 0.456 e. The van der Waals surface area contributed by atoms with Crippen molar-refractivity contribution in [2.24, 2.45) is 5.10 Å². The maximum absolute atomic E-state index is 12.6. The van der Waals surface area contributed by atoms with Gasteiger partial charge in [-0.25, -0.2) is 5.43 Å². The van der Waals surface area contributed by atoms with Gasteiger partial charge in [0.05, 0.1) is 6.21 Å². The van der Waals surface area contributed by atoms with Crippen molar-refractivity contribution in [3.8, 4) is 0 Å². The van der Waals surface area contributed by atoms with Gasteiger partial charge >= 0.3 is 0 Å². The number of hydrogen-bond acceptors (Lipinski definition) is 4. The molecule has 1 amide bonds. The van der Waals surface area contributed by atoms with Gasteiger partial charge in [0.15, 0.2) is 0 Å². The fraction of sp³-hybridized carbons (Fsp3) is 0.0645. The Morgan fingerprint density at radius 1 is 0.861 bits per heavy atom. The van der Waals surface area contributed by atoms with Crippen molar-refractivity contribution >= 4 is 23.6 Å². The first-order valence-electron chi connectivity index (χ1n) is 11.7. The molecular weight excluding hydrogens is 446 g/mol. The summed E-state index contributed by atoms with van der Waals surface area (Å²) in [5.41, 5.74) is 8.20. The fourth-order valence-electron chi connectivity index (χ4n) is 4.22. The molecule has 1 aliphatic heterocycles. The van der Waals surface area contributed by atoms with Crippen LogP contribution in [0.25, 0.3) is 11.5 Å². The lowest BCUT2D eigenvalue weighted by atomic mass is 9.84. The molecule has 0 saturated carbocycles. The Kier molecular flexibility index (Phi) is 6.81. The number of ether oxygens (including phenoxy) is 1. The highest BCUT2D eigenvalue weighted by Crippen LogP contribution is 2.41. The second kappa shape index (κ2) is 10.7. The zero-order chi connectivity index (χ0) is 24.7. The number of hydrazone groups is 1. The second-order valence-electron chi connectivity index (χ2n) is 8.42.